The van der Waals surface area contributed by atoms with Gasteiger partial charge in [-0.2, -0.15) is 0 Å². The number of para-hydroxylation sites is 2. The predicted octanol–water partition coefficient (Wildman–Crippen LogP) is 11.9. The van der Waals surface area contributed by atoms with Crippen LogP contribution >= 0.6 is 11.3 Å². The average Bonchev–Trinajstić information content (AvgIpc) is 3.87. The Bertz CT molecular complexity index is 3000. The van der Waals surface area contributed by atoms with Gasteiger partial charge in [-0.05, 0) is 47.5 Å². The third-order valence-corrected chi connectivity index (χ3v) is 11.9. The lowest BCUT2D eigenvalue weighted by Crippen LogP contribution is -2.14. The molecule has 0 unspecified atom stereocenters. The van der Waals surface area contributed by atoms with Gasteiger partial charge in [0, 0.05) is 48.5 Å². The van der Waals surface area contributed by atoms with Crippen molar-refractivity contribution in [3.8, 4) is 34.2 Å². The Morgan fingerprint density at radius 3 is 2.06 bits per heavy atom. The van der Waals surface area contributed by atoms with E-state index in [1.165, 1.54) is 64.7 Å². The highest BCUT2D eigenvalue weighted by Gasteiger charge is 2.42. The van der Waals surface area contributed by atoms with Crippen LogP contribution in [-0.4, -0.2) is 19.1 Å². The van der Waals surface area contributed by atoms with E-state index >= 15 is 0 Å². The van der Waals surface area contributed by atoms with Crippen molar-refractivity contribution >= 4 is 64.3 Å². The summed E-state index contributed by atoms with van der Waals surface area (Å²) < 4.78 is 7.44. The number of nitrogens with zero attached hydrogens (tertiary/aromatic N) is 4. The van der Waals surface area contributed by atoms with E-state index < -0.39 is 0 Å². The Hall–Kier alpha value is -6.04. The highest BCUT2D eigenvalue weighted by molar-refractivity contribution is 7.26. The van der Waals surface area contributed by atoms with Gasteiger partial charge in [0.25, 0.3) is 0 Å². The summed E-state index contributed by atoms with van der Waals surface area (Å²) in [4.78, 5) is 10.8. The summed E-state index contributed by atoms with van der Waals surface area (Å²) >= 11 is 1.90. The molecule has 0 atom stereocenters. The molecule has 0 N–H and O–H groups in total. The van der Waals surface area contributed by atoms with Gasteiger partial charge >= 0.3 is 0 Å². The molecule has 0 amide bonds. The number of thiophene rings is 1. The summed E-state index contributed by atoms with van der Waals surface area (Å²) in [6, 6.07) is 52.0. The summed E-state index contributed by atoms with van der Waals surface area (Å²) in [6.07, 6.45) is 0. The first-order chi connectivity index (χ1) is 24.6. The fourth-order valence-corrected chi connectivity index (χ4v) is 9.84. The zero-order valence-electron chi connectivity index (χ0n) is 27.6. The minimum Gasteiger partial charge on any atom is -0.308 e. The molecule has 0 aliphatic heterocycles. The lowest BCUT2D eigenvalue weighted by molar-refractivity contribution is 0.666. The number of hydrogen-bond donors (Lipinski definition) is 0. The molecule has 0 bridgehead atoms. The molecule has 0 fully saturated rings. The van der Waals surface area contributed by atoms with E-state index in [0.29, 0.717) is 5.95 Å². The monoisotopic (exact) mass is 658 g/mol. The first kappa shape index (κ1) is 27.9. The molecule has 11 rings (SSSR count). The van der Waals surface area contributed by atoms with Gasteiger partial charge in [0.05, 0.1) is 38.2 Å². The fraction of sp³-hybridized carbons (Fsp3) is 0.0667. The van der Waals surface area contributed by atoms with Crippen molar-refractivity contribution in [3.05, 3.63) is 157 Å². The second-order valence-electron chi connectivity index (χ2n) is 13.8. The fourth-order valence-electron chi connectivity index (χ4n) is 8.60. The van der Waals surface area contributed by atoms with Gasteiger partial charge in [-0.15, -0.1) is 11.3 Å². The van der Waals surface area contributed by atoms with Gasteiger partial charge < -0.3 is 4.57 Å². The van der Waals surface area contributed by atoms with E-state index in [0.717, 1.165) is 27.7 Å². The molecule has 236 valence electrons. The van der Waals surface area contributed by atoms with Gasteiger partial charge in [0.1, 0.15) is 0 Å². The van der Waals surface area contributed by atoms with Crippen molar-refractivity contribution in [1.29, 1.82) is 0 Å². The predicted molar refractivity (Wildman–Crippen MR) is 209 cm³/mol. The van der Waals surface area contributed by atoms with E-state index in [1.807, 2.05) is 11.3 Å². The van der Waals surface area contributed by atoms with Crippen molar-refractivity contribution < 1.29 is 0 Å². The van der Waals surface area contributed by atoms with Crippen LogP contribution in [0.4, 0.5) is 0 Å². The largest absolute Gasteiger partial charge is 0.308 e. The molecular formula is C45H30N4S. The third-order valence-electron chi connectivity index (χ3n) is 10.7. The van der Waals surface area contributed by atoms with E-state index in [9.17, 15) is 0 Å². The Morgan fingerprint density at radius 1 is 0.580 bits per heavy atom. The van der Waals surface area contributed by atoms with Crippen LogP contribution in [0.15, 0.2) is 146 Å². The van der Waals surface area contributed by atoms with Crippen molar-refractivity contribution in [2.75, 3.05) is 0 Å². The molecule has 0 radical (unpaired) electrons. The van der Waals surface area contributed by atoms with E-state index in [-0.39, 0.29) is 5.41 Å². The molecule has 0 spiro atoms. The van der Waals surface area contributed by atoms with Crippen LogP contribution in [0.5, 0.6) is 0 Å². The van der Waals surface area contributed by atoms with Crippen LogP contribution in [-0.2, 0) is 5.41 Å². The van der Waals surface area contributed by atoms with Crippen molar-refractivity contribution in [1.82, 2.24) is 19.1 Å². The molecule has 1 aliphatic carbocycles. The highest BCUT2D eigenvalue weighted by atomic mass is 32.1. The van der Waals surface area contributed by atoms with Gasteiger partial charge in [-0.1, -0.05) is 123 Å². The maximum atomic E-state index is 5.44. The normalized spacial score (nSPS) is 13.6. The number of aromatic nitrogens is 4. The summed E-state index contributed by atoms with van der Waals surface area (Å²) in [5, 5.41) is 4.90. The molecule has 4 aromatic heterocycles. The molecular weight excluding hydrogens is 629 g/mol. The number of hydrogen-bond acceptors (Lipinski definition) is 3. The van der Waals surface area contributed by atoms with Crippen molar-refractivity contribution in [2.45, 2.75) is 19.3 Å². The van der Waals surface area contributed by atoms with Crippen molar-refractivity contribution in [3.63, 3.8) is 0 Å². The number of rotatable bonds is 3. The second kappa shape index (κ2) is 10.0. The van der Waals surface area contributed by atoms with Crippen LogP contribution in [0.1, 0.15) is 25.0 Å². The lowest BCUT2D eigenvalue weighted by Gasteiger charge is -2.21. The average molecular weight is 659 g/mol. The smallest absolute Gasteiger partial charge is 0.235 e. The lowest BCUT2D eigenvalue weighted by atomic mass is 9.81. The minimum atomic E-state index is -0.249. The number of benzene rings is 6. The zero-order chi connectivity index (χ0) is 33.1. The molecule has 1 aliphatic rings. The van der Waals surface area contributed by atoms with E-state index in [4.69, 9.17) is 9.97 Å². The second-order valence-corrected chi connectivity index (χ2v) is 14.8. The van der Waals surface area contributed by atoms with E-state index in [2.05, 4.69) is 169 Å². The topological polar surface area (TPSA) is 35.6 Å². The summed E-state index contributed by atoms with van der Waals surface area (Å²) in [5.74, 6) is 0.690. The Kier molecular flexibility index (Phi) is 5.57. The summed E-state index contributed by atoms with van der Waals surface area (Å²) in [6.45, 7) is 4.76. The van der Waals surface area contributed by atoms with Crippen molar-refractivity contribution in [2.24, 2.45) is 0 Å². The standard InChI is InChI=1S/C45H30N4S/c1-45(2)32-22-12-9-19-29(32)41-39(45)37-34(49(41)44-46-33-23-13-10-20-30(33)40(47-44)27-15-5-3-6-16-27)25-26-35-38(37)43-42(31-21-11-14-24-36(31)50-43)48(35)28-17-7-4-8-18-28/h3-26H,1-2H3. The third kappa shape index (κ3) is 3.59. The minimum absolute atomic E-state index is 0.249. The molecule has 0 saturated carbocycles. The SMILES string of the molecule is CC1(C)c2ccccc2-c2c1c1c3c4sc5ccccc5c4n(-c4ccccc4)c3ccc1n2-c1nc(-c2ccccc2)c2ccccc2n1. The van der Waals surface area contributed by atoms with E-state index in [1.54, 1.807) is 0 Å². The highest BCUT2D eigenvalue weighted by Crippen LogP contribution is 2.56. The molecule has 0 saturated heterocycles. The van der Waals surface area contributed by atoms with Crippen LogP contribution in [0.25, 0.3) is 87.2 Å². The Labute approximate surface area is 292 Å². The maximum absolute atomic E-state index is 5.44. The Morgan fingerprint density at radius 2 is 1.24 bits per heavy atom. The van der Waals surface area contributed by atoms with Gasteiger partial charge in [0.15, 0.2) is 0 Å². The first-order valence-corrected chi connectivity index (χ1v) is 17.9. The zero-order valence-corrected chi connectivity index (χ0v) is 28.4. The van der Waals surface area contributed by atoms with Gasteiger partial charge in [-0.25, -0.2) is 9.97 Å². The van der Waals surface area contributed by atoms with Gasteiger partial charge in [-0.3, -0.25) is 4.57 Å². The maximum Gasteiger partial charge on any atom is 0.235 e. The van der Waals surface area contributed by atoms with Crippen LogP contribution in [0.2, 0.25) is 0 Å². The molecule has 6 aromatic carbocycles. The summed E-state index contributed by atoms with van der Waals surface area (Å²) in [7, 11) is 0. The molecule has 4 nitrogen and oxygen atoms in total. The summed E-state index contributed by atoms with van der Waals surface area (Å²) in [5.41, 5.74) is 12.6. The van der Waals surface area contributed by atoms with Crippen LogP contribution in [0.3, 0.4) is 0 Å². The Balaban J connectivity index is 1.36. The molecule has 5 heteroatoms. The van der Waals surface area contributed by atoms with Crippen LogP contribution < -0.4 is 0 Å². The van der Waals surface area contributed by atoms with Crippen LogP contribution in [0, 0.1) is 0 Å². The molecule has 50 heavy (non-hydrogen) atoms. The van der Waals surface area contributed by atoms with Gasteiger partial charge in [0.2, 0.25) is 5.95 Å². The number of fused-ring (bicyclic) bond motifs is 12. The molecule has 10 aromatic rings. The quantitative estimate of drug-likeness (QED) is 0.189. The molecule has 4 heterocycles. The first-order valence-electron chi connectivity index (χ1n) is 17.1.